The lowest BCUT2D eigenvalue weighted by atomic mass is 10.1. The smallest absolute Gasteiger partial charge is 0.260 e. The lowest BCUT2D eigenvalue weighted by molar-refractivity contribution is 1.13. The molecule has 3 aromatic rings. The van der Waals surface area contributed by atoms with Gasteiger partial charge in [-0.05, 0) is 30.2 Å². The number of nitrogens with one attached hydrogen (secondary N) is 1. The Kier molecular flexibility index (Phi) is 3.70. The number of aryl methyl sites for hydroxylation is 1. The minimum Gasteiger partial charge on any atom is -0.306 e. The summed E-state index contributed by atoms with van der Waals surface area (Å²) in [5.41, 5.74) is 1.93. The summed E-state index contributed by atoms with van der Waals surface area (Å²) in [5, 5.41) is 1.43. The number of H-pyrrole nitrogens is 1. The molecule has 0 aliphatic heterocycles. The Labute approximate surface area is 131 Å². The van der Waals surface area contributed by atoms with Gasteiger partial charge in [0.15, 0.2) is 0 Å². The predicted octanol–water partition coefficient (Wildman–Crippen LogP) is 4.46. The van der Waals surface area contributed by atoms with Crippen molar-refractivity contribution < 1.29 is 0 Å². The first-order valence-corrected chi connectivity index (χ1v) is 7.33. The van der Waals surface area contributed by atoms with Gasteiger partial charge in [-0.1, -0.05) is 48.3 Å². The van der Waals surface area contributed by atoms with Gasteiger partial charge in [0.05, 0.1) is 20.9 Å². The van der Waals surface area contributed by atoms with Gasteiger partial charge in [-0.15, -0.1) is 0 Å². The molecular formula is C16H12Cl2N2O. The third-order valence-electron chi connectivity index (χ3n) is 3.40. The van der Waals surface area contributed by atoms with Gasteiger partial charge in [-0.2, -0.15) is 0 Å². The van der Waals surface area contributed by atoms with Crippen LogP contribution in [0.25, 0.3) is 22.3 Å². The minimum absolute atomic E-state index is 0.254. The van der Waals surface area contributed by atoms with Gasteiger partial charge in [0.2, 0.25) is 0 Å². The lowest BCUT2D eigenvalue weighted by Gasteiger charge is -2.08. The number of nitrogens with zero attached hydrogens (tertiary/aromatic N) is 1. The van der Waals surface area contributed by atoms with Crippen LogP contribution in [0.15, 0.2) is 41.2 Å². The molecule has 2 aromatic carbocycles. The van der Waals surface area contributed by atoms with Crippen molar-refractivity contribution in [1.29, 1.82) is 0 Å². The largest absolute Gasteiger partial charge is 0.306 e. The SMILES string of the molecule is CCc1ccc2nc(-c3ccccc3Cl)[nH]c(=O)c2c1Cl. The van der Waals surface area contributed by atoms with E-state index in [-0.39, 0.29) is 5.56 Å². The Balaban J connectivity index is 2.31. The van der Waals surface area contributed by atoms with Gasteiger partial charge >= 0.3 is 0 Å². The van der Waals surface area contributed by atoms with Crippen LogP contribution in [-0.2, 0) is 6.42 Å². The Hall–Kier alpha value is -1.84. The number of hydrogen-bond donors (Lipinski definition) is 1. The number of halogens is 2. The third-order valence-corrected chi connectivity index (χ3v) is 4.16. The highest BCUT2D eigenvalue weighted by Crippen LogP contribution is 2.28. The minimum atomic E-state index is -0.254. The van der Waals surface area contributed by atoms with Crippen LogP contribution in [0, 0.1) is 0 Å². The molecule has 1 heterocycles. The number of fused-ring (bicyclic) bond motifs is 1. The average molecular weight is 319 g/mol. The van der Waals surface area contributed by atoms with E-state index in [1.807, 2.05) is 37.3 Å². The maximum Gasteiger partial charge on any atom is 0.260 e. The first kappa shape index (κ1) is 14.1. The fourth-order valence-corrected chi connectivity index (χ4v) is 2.89. The van der Waals surface area contributed by atoms with E-state index < -0.39 is 0 Å². The van der Waals surface area contributed by atoms with Crippen molar-refractivity contribution in [2.75, 3.05) is 0 Å². The van der Waals surface area contributed by atoms with Crippen molar-refractivity contribution in [3.63, 3.8) is 0 Å². The molecule has 0 fully saturated rings. The van der Waals surface area contributed by atoms with E-state index in [4.69, 9.17) is 23.2 Å². The number of aromatic amines is 1. The summed E-state index contributed by atoms with van der Waals surface area (Å²) in [5.74, 6) is 0.443. The molecule has 0 amide bonds. The van der Waals surface area contributed by atoms with Crippen molar-refractivity contribution in [2.24, 2.45) is 0 Å². The molecule has 5 heteroatoms. The molecule has 0 saturated carbocycles. The van der Waals surface area contributed by atoms with E-state index in [1.165, 1.54) is 0 Å². The van der Waals surface area contributed by atoms with Gasteiger partial charge < -0.3 is 4.98 Å². The Bertz CT molecular complexity index is 887. The molecule has 0 aliphatic carbocycles. The summed E-state index contributed by atoms with van der Waals surface area (Å²) in [4.78, 5) is 19.6. The molecule has 0 saturated heterocycles. The molecule has 0 aliphatic rings. The third kappa shape index (κ3) is 2.43. The molecule has 0 atom stereocenters. The highest BCUT2D eigenvalue weighted by molar-refractivity contribution is 6.36. The Morgan fingerprint density at radius 1 is 1.14 bits per heavy atom. The molecule has 1 aromatic heterocycles. The second-order valence-electron chi connectivity index (χ2n) is 4.68. The average Bonchev–Trinajstić information content (AvgIpc) is 2.47. The van der Waals surface area contributed by atoms with Crippen molar-refractivity contribution in [1.82, 2.24) is 9.97 Å². The first-order chi connectivity index (χ1) is 10.1. The number of benzene rings is 2. The zero-order valence-electron chi connectivity index (χ0n) is 11.3. The molecule has 1 N–H and O–H groups in total. The number of aromatic nitrogens is 2. The monoisotopic (exact) mass is 318 g/mol. The molecule has 3 nitrogen and oxygen atoms in total. The van der Waals surface area contributed by atoms with Crippen LogP contribution in [-0.4, -0.2) is 9.97 Å². The van der Waals surface area contributed by atoms with Crippen molar-refractivity contribution in [3.05, 3.63) is 62.4 Å². The molecule has 21 heavy (non-hydrogen) atoms. The van der Waals surface area contributed by atoms with Crippen LogP contribution in [0.1, 0.15) is 12.5 Å². The molecular weight excluding hydrogens is 307 g/mol. The summed E-state index contributed by atoms with van der Waals surface area (Å²) < 4.78 is 0. The maximum atomic E-state index is 12.4. The molecule has 0 unspecified atom stereocenters. The maximum absolute atomic E-state index is 12.4. The van der Waals surface area contributed by atoms with E-state index in [2.05, 4.69) is 9.97 Å². The summed E-state index contributed by atoms with van der Waals surface area (Å²) in [7, 11) is 0. The van der Waals surface area contributed by atoms with Crippen molar-refractivity contribution in [2.45, 2.75) is 13.3 Å². The highest BCUT2D eigenvalue weighted by Gasteiger charge is 2.12. The van der Waals surface area contributed by atoms with Crippen molar-refractivity contribution >= 4 is 34.1 Å². The van der Waals surface area contributed by atoms with E-state index in [0.29, 0.717) is 32.3 Å². The lowest BCUT2D eigenvalue weighted by Crippen LogP contribution is -2.11. The van der Waals surface area contributed by atoms with E-state index in [0.717, 1.165) is 12.0 Å². The van der Waals surface area contributed by atoms with Crippen LogP contribution in [0.2, 0.25) is 10.0 Å². The van der Waals surface area contributed by atoms with Crippen LogP contribution in [0.5, 0.6) is 0 Å². The van der Waals surface area contributed by atoms with E-state index >= 15 is 0 Å². The van der Waals surface area contributed by atoms with Gasteiger partial charge in [0.1, 0.15) is 5.82 Å². The van der Waals surface area contributed by atoms with Gasteiger partial charge in [-0.3, -0.25) is 4.79 Å². The molecule has 0 radical (unpaired) electrons. The van der Waals surface area contributed by atoms with Gasteiger partial charge in [0, 0.05) is 5.56 Å². The van der Waals surface area contributed by atoms with Gasteiger partial charge in [-0.25, -0.2) is 4.98 Å². The summed E-state index contributed by atoms with van der Waals surface area (Å²) in [6.07, 6.45) is 0.764. The second kappa shape index (κ2) is 5.51. The molecule has 0 spiro atoms. The van der Waals surface area contributed by atoms with Crippen LogP contribution < -0.4 is 5.56 Å². The molecule has 0 bridgehead atoms. The van der Waals surface area contributed by atoms with Crippen LogP contribution in [0.3, 0.4) is 0 Å². The Morgan fingerprint density at radius 2 is 1.90 bits per heavy atom. The number of rotatable bonds is 2. The van der Waals surface area contributed by atoms with E-state index in [9.17, 15) is 4.79 Å². The summed E-state index contributed by atoms with van der Waals surface area (Å²) >= 11 is 12.4. The van der Waals surface area contributed by atoms with Gasteiger partial charge in [0.25, 0.3) is 5.56 Å². The highest BCUT2D eigenvalue weighted by atomic mass is 35.5. The normalized spacial score (nSPS) is 11.0. The summed E-state index contributed by atoms with van der Waals surface area (Å²) in [6, 6.07) is 11.0. The standard InChI is InChI=1S/C16H12Cl2N2O/c1-2-9-7-8-12-13(14(9)18)16(21)20-15(19-12)10-5-3-4-6-11(10)17/h3-8H,2H2,1H3,(H,19,20,21). The number of hydrogen-bond acceptors (Lipinski definition) is 2. The van der Waals surface area contributed by atoms with Crippen molar-refractivity contribution in [3.8, 4) is 11.4 Å². The molecule has 106 valence electrons. The fourth-order valence-electron chi connectivity index (χ4n) is 2.29. The predicted molar refractivity (Wildman–Crippen MR) is 87.2 cm³/mol. The topological polar surface area (TPSA) is 45.8 Å². The van der Waals surface area contributed by atoms with Crippen LogP contribution >= 0.6 is 23.2 Å². The van der Waals surface area contributed by atoms with Crippen LogP contribution in [0.4, 0.5) is 0 Å². The first-order valence-electron chi connectivity index (χ1n) is 6.58. The summed E-state index contributed by atoms with van der Waals surface area (Å²) in [6.45, 7) is 1.99. The zero-order valence-corrected chi connectivity index (χ0v) is 12.8. The second-order valence-corrected chi connectivity index (χ2v) is 5.47. The Morgan fingerprint density at radius 3 is 2.62 bits per heavy atom. The fraction of sp³-hybridized carbons (Fsp3) is 0.125. The quantitative estimate of drug-likeness (QED) is 0.758. The zero-order chi connectivity index (χ0) is 15.0. The van der Waals surface area contributed by atoms with E-state index in [1.54, 1.807) is 6.07 Å². The molecule has 3 rings (SSSR count).